The van der Waals surface area contributed by atoms with Crippen LogP contribution in [-0.2, 0) is 14.4 Å². The highest BCUT2D eigenvalue weighted by Crippen LogP contribution is 2.37. The third-order valence-electron chi connectivity index (χ3n) is 9.15. The summed E-state index contributed by atoms with van der Waals surface area (Å²) in [6, 6.07) is 5.76. The van der Waals surface area contributed by atoms with E-state index in [9.17, 15) is 23.2 Å². The fraction of sp³-hybridized carbons (Fsp3) is 0.567. The summed E-state index contributed by atoms with van der Waals surface area (Å²) in [7, 11) is 1.64. The molecule has 0 bridgehead atoms. The van der Waals surface area contributed by atoms with Crippen LogP contribution in [0.3, 0.4) is 0 Å². The number of rotatable bonds is 9. The van der Waals surface area contributed by atoms with Gasteiger partial charge in [-0.05, 0) is 55.6 Å². The number of carbonyl (C=O) groups is 3. The molecule has 3 amide bonds. The topological polar surface area (TPSA) is 124 Å². The number of alkyl halides is 2. The van der Waals surface area contributed by atoms with Gasteiger partial charge >= 0.3 is 0 Å². The Morgan fingerprint density at radius 3 is 2.50 bits per heavy atom. The molecule has 1 aliphatic carbocycles. The molecule has 236 valence electrons. The molecule has 11 nitrogen and oxygen atoms in total. The molecule has 3 N–H and O–H groups in total. The summed E-state index contributed by atoms with van der Waals surface area (Å²) in [4.78, 5) is 41.6. The molecule has 1 saturated carbocycles. The number of benzene rings is 1. The van der Waals surface area contributed by atoms with Crippen molar-refractivity contribution in [2.45, 2.75) is 56.9 Å². The van der Waals surface area contributed by atoms with Gasteiger partial charge in [-0.2, -0.15) is 9.47 Å². The number of amides is 3. The van der Waals surface area contributed by atoms with E-state index in [2.05, 4.69) is 35.2 Å². The van der Waals surface area contributed by atoms with Crippen molar-refractivity contribution in [3.63, 3.8) is 0 Å². The van der Waals surface area contributed by atoms with Crippen molar-refractivity contribution in [2.24, 2.45) is 5.92 Å². The smallest absolute Gasteiger partial charge is 0.284 e. The monoisotopic (exact) mass is 628 g/mol. The van der Waals surface area contributed by atoms with E-state index < -0.39 is 12.3 Å². The molecule has 44 heavy (non-hydrogen) atoms. The van der Waals surface area contributed by atoms with E-state index in [-0.39, 0.29) is 35.9 Å². The van der Waals surface area contributed by atoms with Crippen molar-refractivity contribution in [2.75, 3.05) is 56.9 Å². The Kier molecular flexibility index (Phi) is 9.19. The Balaban J connectivity index is 0.957. The number of carbonyl (C=O) groups excluding carboxylic acids is 3. The zero-order chi connectivity index (χ0) is 30.8. The van der Waals surface area contributed by atoms with E-state index in [1.807, 2.05) is 18.2 Å². The van der Waals surface area contributed by atoms with Gasteiger partial charge in [0.25, 0.3) is 6.43 Å². The third kappa shape index (κ3) is 6.61. The normalized spacial score (nSPS) is 23.7. The first kappa shape index (κ1) is 30.5. The number of piperazine rings is 1. The van der Waals surface area contributed by atoms with Crippen molar-refractivity contribution in [1.82, 2.24) is 29.3 Å². The zero-order valence-corrected chi connectivity index (χ0v) is 25.5. The highest BCUT2D eigenvalue weighted by Gasteiger charge is 2.32. The second-order valence-electron chi connectivity index (χ2n) is 12.0. The van der Waals surface area contributed by atoms with Crippen molar-refractivity contribution in [1.29, 1.82) is 0 Å². The van der Waals surface area contributed by atoms with Gasteiger partial charge in [0.15, 0.2) is 5.69 Å². The summed E-state index contributed by atoms with van der Waals surface area (Å²) < 4.78 is 33.6. The molecular formula is C30H38F2N8O3S. The van der Waals surface area contributed by atoms with Crippen molar-refractivity contribution >= 4 is 50.7 Å². The summed E-state index contributed by atoms with van der Waals surface area (Å²) in [6.45, 7) is 4.73. The molecule has 2 aromatic heterocycles. The van der Waals surface area contributed by atoms with Crippen molar-refractivity contribution < 1.29 is 23.2 Å². The molecule has 0 spiro atoms. The fourth-order valence-electron chi connectivity index (χ4n) is 6.71. The molecule has 2 saturated heterocycles. The van der Waals surface area contributed by atoms with E-state index in [1.54, 1.807) is 17.9 Å². The first-order valence-corrected chi connectivity index (χ1v) is 16.1. The Morgan fingerprint density at radius 2 is 1.82 bits per heavy atom. The van der Waals surface area contributed by atoms with Crippen LogP contribution in [0.15, 0.2) is 24.4 Å². The number of fused-ring (bicyclic) bond motifs is 1. The van der Waals surface area contributed by atoms with Crippen molar-refractivity contribution in [3.05, 3.63) is 35.8 Å². The summed E-state index contributed by atoms with van der Waals surface area (Å²) in [5.41, 5.74) is 1.55. The minimum absolute atomic E-state index is 0.0877. The summed E-state index contributed by atoms with van der Waals surface area (Å²) in [5, 5.41) is 13.3. The van der Waals surface area contributed by atoms with Gasteiger partial charge in [0.1, 0.15) is 0 Å². The van der Waals surface area contributed by atoms with Crippen LogP contribution in [0.4, 0.5) is 20.2 Å². The van der Waals surface area contributed by atoms with E-state index in [1.165, 1.54) is 11.5 Å². The predicted molar refractivity (Wildman–Crippen MR) is 164 cm³/mol. The van der Waals surface area contributed by atoms with Crippen LogP contribution in [0.2, 0.25) is 0 Å². The predicted octanol–water partition coefficient (Wildman–Crippen LogP) is 3.98. The third-order valence-corrected chi connectivity index (χ3v) is 10.1. The van der Waals surface area contributed by atoms with Crippen molar-refractivity contribution in [3.8, 4) is 0 Å². The standard InChI is InChI=1S/C30H38F2N8O3S/c1-33-23-16-40(36-27(23)29(31)32)19-7-5-18(6-8-19)15-38-11-13-39(14-12-38)17-25(42)34-22-4-2-3-20-26(37-44-28(20)22)21-9-10-24(41)35-30(21)43/h2-4,16,18-19,21,29,33H,5-15,17H2,1H3,(H,34,42)(H,35,41,43). The molecule has 1 unspecified atom stereocenters. The van der Waals surface area contributed by atoms with Crippen LogP contribution in [-0.4, -0.2) is 88.0 Å². The van der Waals surface area contributed by atoms with Gasteiger partial charge in [-0.15, -0.1) is 0 Å². The van der Waals surface area contributed by atoms with Gasteiger partial charge in [0.05, 0.1) is 40.3 Å². The van der Waals surface area contributed by atoms with Crippen LogP contribution < -0.4 is 16.0 Å². The number of nitrogens with one attached hydrogen (secondary N) is 3. The van der Waals surface area contributed by atoms with Crippen LogP contribution in [0.1, 0.15) is 68.3 Å². The number of imide groups is 1. The Labute approximate surface area is 258 Å². The number of halogens is 2. The Hall–Kier alpha value is -3.49. The molecule has 1 atom stereocenters. The summed E-state index contributed by atoms with van der Waals surface area (Å²) in [6.07, 6.45) is 3.78. The molecule has 3 aliphatic rings. The zero-order valence-electron chi connectivity index (χ0n) is 24.7. The lowest BCUT2D eigenvalue weighted by Crippen LogP contribution is -2.49. The Morgan fingerprint density at radius 1 is 1.07 bits per heavy atom. The SMILES string of the molecule is CNc1cn(C2CCC(CN3CCN(CC(=O)Nc4cccc5c(C6CCC(=O)NC6=O)nsc45)CC3)CC2)nc1C(F)F. The number of anilines is 2. The lowest BCUT2D eigenvalue weighted by Gasteiger charge is -2.38. The maximum absolute atomic E-state index is 13.3. The molecule has 0 radical (unpaired) electrons. The van der Waals surface area contributed by atoms with Gasteiger partial charge in [-0.1, -0.05) is 12.1 Å². The van der Waals surface area contributed by atoms with Gasteiger partial charge in [0, 0.05) is 57.8 Å². The Bertz CT molecular complexity index is 1510. The molecule has 1 aromatic carbocycles. The molecule has 4 heterocycles. The molecule has 6 rings (SSSR count). The molecule has 2 aliphatic heterocycles. The van der Waals surface area contributed by atoms with Gasteiger partial charge in [0.2, 0.25) is 17.7 Å². The fourth-order valence-corrected chi connectivity index (χ4v) is 7.62. The summed E-state index contributed by atoms with van der Waals surface area (Å²) in [5.74, 6) is -0.568. The van der Waals surface area contributed by atoms with E-state index in [4.69, 9.17) is 0 Å². The number of aromatic nitrogens is 3. The maximum atomic E-state index is 13.3. The van der Waals surface area contributed by atoms with Gasteiger partial charge in [-0.3, -0.25) is 29.3 Å². The van der Waals surface area contributed by atoms with Gasteiger partial charge in [-0.25, -0.2) is 8.78 Å². The number of hydrogen-bond donors (Lipinski definition) is 3. The second kappa shape index (κ2) is 13.2. The van der Waals surface area contributed by atoms with Crippen LogP contribution in [0, 0.1) is 5.92 Å². The largest absolute Gasteiger partial charge is 0.385 e. The van der Waals surface area contributed by atoms with E-state index >= 15 is 0 Å². The number of piperidine rings is 1. The molecule has 3 fully saturated rings. The minimum atomic E-state index is -2.59. The van der Waals surface area contributed by atoms with Crippen LogP contribution in [0.25, 0.3) is 10.1 Å². The quantitative estimate of drug-likeness (QED) is 0.304. The van der Waals surface area contributed by atoms with Gasteiger partial charge < -0.3 is 15.5 Å². The van der Waals surface area contributed by atoms with Crippen LogP contribution >= 0.6 is 11.5 Å². The maximum Gasteiger partial charge on any atom is 0.284 e. The lowest BCUT2D eigenvalue weighted by molar-refractivity contribution is -0.134. The average molecular weight is 629 g/mol. The first-order valence-electron chi connectivity index (χ1n) is 15.3. The first-order chi connectivity index (χ1) is 21.3. The molecular weight excluding hydrogens is 590 g/mol. The average Bonchev–Trinajstić information content (AvgIpc) is 3.64. The highest BCUT2D eigenvalue weighted by molar-refractivity contribution is 7.14. The number of hydrogen-bond acceptors (Lipinski definition) is 9. The van der Waals surface area contributed by atoms with E-state index in [0.717, 1.165) is 68.5 Å². The summed E-state index contributed by atoms with van der Waals surface area (Å²) >= 11 is 1.26. The second-order valence-corrected chi connectivity index (χ2v) is 12.8. The molecule has 3 aromatic rings. The molecule has 14 heteroatoms. The van der Waals surface area contributed by atoms with E-state index in [0.29, 0.717) is 36.0 Å². The number of nitrogens with zero attached hydrogens (tertiary/aromatic N) is 5. The lowest BCUT2D eigenvalue weighted by atomic mass is 9.85. The minimum Gasteiger partial charge on any atom is -0.385 e. The van der Waals surface area contributed by atoms with Crippen LogP contribution in [0.5, 0.6) is 0 Å². The highest BCUT2D eigenvalue weighted by atomic mass is 32.1.